The number of carboxylic acid groups (broad SMARTS) is 1. The van der Waals surface area contributed by atoms with Crippen LogP contribution in [0.5, 0.6) is 0 Å². The highest BCUT2D eigenvalue weighted by molar-refractivity contribution is 5.97. The SMILES string of the molecule is CCNC(=O)N1CCCc2c(C(=O)O)cccc21. The Morgan fingerprint density at radius 2 is 2.22 bits per heavy atom. The van der Waals surface area contributed by atoms with E-state index in [1.165, 1.54) is 0 Å². The van der Waals surface area contributed by atoms with E-state index >= 15 is 0 Å². The number of hydrogen-bond acceptors (Lipinski definition) is 2. The molecule has 1 aliphatic rings. The molecule has 0 spiro atoms. The van der Waals surface area contributed by atoms with Crippen LogP contribution in [0.15, 0.2) is 18.2 Å². The van der Waals surface area contributed by atoms with Crippen molar-refractivity contribution >= 4 is 17.7 Å². The third-order valence-corrected chi connectivity index (χ3v) is 3.05. The number of fused-ring (bicyclic) bond motifs is 1. The maximum atomic E-state index is 11.9. The molecule has 1 aliphatic heterocycles. The van der Waals surface area contributed by atoms with Crippen molar-refractivity contribution in [3.63, 3.8) is 0 Å². The van der Waals surface area contributed by atoms with E-state index in [2.05, 4.69) is 5.32 Å². The summed E-state index contributed by atoms with van der Waals surface area (Å²) in [5.74, 6) is -0.940. The van der Waals surface area contributed by atoms with Gasteiger partial charge in [-0.1, -0.05) is 6.07 Å². The average Bonchev–Trinajstić information content (AvgIpc) is 2.37. The molecule has 2 rings (SSSR count). The van der Waals surface area contributed by atoms with E-state index in [4.69, 9.17) is 5.11 Å². The molecule has 5 heteroatoms. The van der Waals surface area contributed by atoms with Gasteiger partial charge in [0.1, 0.15) is 0 Å². The summed E-state index contributed by atoms with van der Waals surface area (Å²) in [5.41, 5.74) is 1.76. The molecule has 0 radical (unpaired) electrons. The highest BCUT2D eigenvalue weighted by atomic mass is 16.4. The van der Waals surface area contributed by atoms with Crippen molar-refractivity contribution in [2.45, 2.75) is 19.8 Å². The summed E-state index contributed by atoms with van der Waals surface area (Å²) in [6.07, 6.45) is 1.49. The maximum Gasteiger partial charge on any atom is 0.336 e. The van der Waals surface area contributed by atoms with Gasteiger partial charge in [0.15, 0.2) is 0 Å². The summed E-state index contributed by atoms with van der Waals surface area (Å²) < 4.78 is 0. The summed E-state index contributed by atoms with van der Waals surface area (Å²) in [4.78, 5) is 24.7. The van der Waals surface area contributed by atoms with Gasteiger partial charge in [0.05, 0.1) is 5.56 Å². The van der Waals surface area contributed by atoms with Gasteiger partial charge in [-0.2, -0.15) is 0 Å². The van der Waals surface area contributed by atoms with Crippen LogP contribution in [0.2, 0.25) is 0 Å². The zero-order chi connectivity index (χ0) is 13.1. The van der Waals surface area contributed by atoms with Crippen LogP contribution in [-0.4, -0.2) is 30.2 Å². The van der Waals surface area contributed by atoms with Gasteiger partial charge in [0.2, 0.25) is 0 Å². The van der Waals surface area contributed by atoms with Gasteiger partial charge in [-0.15, -0.1) is 0 Å². The van der Waals surface area contributed by atoms with Crippen molar-refractivity contribution in [1.82, 2.24) is 5.32 Å². The van der Waals surface area contributed by atoms with Crippen LogP contribution in [0.4, 0.5) is 10.5 Å². The Labute approximate surface area is 105 Å². The second-order valence-electron chi connectivity index (χ2n) is 4.20. The minimum atomic E-state index is -0.940. The van der Waals surface area contributed by atoms with E-state index in [-0.39, 0.29) is 6.03 Å². The molecule has 0 saturated carbocycles. The third kappa shape index (κ3) is 2.16. The van der Waals surface area contributed by atoms with Crippen molar-refractivity contribution in [3.8, 4) is 0 Å². The lowest BCUT2D eigenvalue weighted by molar-refractivity contribution is 0.0695. The summed E-state index contributed by atoms with van der Waals surface area (Å²) >= 11 is 0. The molecule has 1 heterocycles. The van der Waals surface area contributed by atoms with Crippen LogP contribution in [0.3, 0.4) is 0 Å². The molecular weight excluding hydrogens is 232 g/mol. The summed E-state index contributed by atoms with van der Waals surface area (Å²) in [6, 6.07) is 4.90. The molecule has 0 aliphatic carbocycles. The standard InChI is InChI=1S/C13H16N2O3/c1-2-14-13(18)15-8-4-6-9-10(12(16)17)5-3-7-11(9)15/h3,5,7H,2,4,6,8H2,1H3,(H,14,18)(H,16,17). The van der Waals surface area contributed by atoms with Crippen LogP contribution in [0, 0.1) is 0 Å². The molecule has 0 saturated heterocycles. The minimum Gasteiger partial charge on any atom is -0.478 e. The Balaban J connectivity index is 2.41. The fourth-order valence-electron chi connectivity index (χ4n) is 2.28. The Kier molecular flexibility index (Phi) is 3.50. The van der Waals surface area contributed by atoms with Gasteiger partial charge in [-0.25, -0.2) is 9.59 Å². The molecule has 5 nitrogen and oxygen atoms in total. The molecule has 2 amide bonds. The summed E-state index contributed by atoms with van der Waals surface area (Å²) in [5, 5.41) is 11.9. The number of anilines is 1. The van der Waals surface area contributed by atoms with Crippen molar-refractivity contribution in [2.24, 2.45) is 0 Å². The Bertz CT molecular complexity index is 485. The molecule has 0 atom stereocenters. The number of nitrogens with one attached hydrogen (secondary N) is 1. The predicted octanol–water partition coefficient (Wildman–Crippen LogP) is 1.87. The molecule has 1 aromatic rings. The van der Waals surface area contributed by atoms with Gasteiger partial charge < -0.3 is 10.4 Å². The molecule has 0 bridgehead atoms. The first kappa shape index (κ1) is 12.4. The van der Waals surface area contributed by atoms with Gasteiger partial charge in [-0.05, 0) is 37.5 Å². The Hall–Kier alpha value is -2.04. The number of benzene rings is 1. The quantitative estimate of drug-likeness (QED) is 0.839. The second kappa shape index (κ2) is 5.08. The number of carboxylic acids is 1. The molecular formula is C13H16N2O3. The topological polar surface area (TPSA) is 69.6 Å². The second-order valence-corrected chi connectivity index (χ2v) is 4.20. The Morgan fingerprint density at radius 3 is 2.89 bits per heavy atom. The van der Waals surface area contributed by atoms with Gasteiger partial charge >= 0.3 is 12.0 Å². The molecule has 0 fully saturated rings. The van der Waals surface area contributed by atoms with Crippen LogP contribution in [0.25, 0.3) is 0 Å². The van der Waals surface area contributed by atoms with Gasteiger partial charge in [-0.3, -0.25) is 4.90 Å². The van der Waals surface area contributed by atoms with E-state index in [9.17, 15) is 9.59 Å². The van der Waals surface area contributed by atoms with E-state index < -0.39 is 5.97 Å². The number of hydrogen-bond donors (Lipinski definition) is 2. The number of aromatic carboxylic acids is 1. The number of nitrogens with zero attached hydrogens (tertiary/aromatic N) is 1. The molecule has 96 valence electrons. The lowest BCUT2D eigenvalue weighted by Crippen LogP contribution is -2.43. The first-order valence-corrected chi connectivity index (χ1v) is 6.05. The Morgan fingerprint density at radius 1 is 1.44 bits per heavy atom. The predicted molar refractivity (Wildman–Crippen MR) is 68.1 cm³/mol. The van der Waals surface area contributed by atoms with E-state index in [1.807, 2.05) is 6.92 Å². The lowest BCUT2D eigenvalue weighted by Gasteiger charge is -2.30. The number of rotatable bonds is 2. The van der Waals surface area contributed by atoms with Crippen LogP contribution in [-0.2, 0) is 6.42 Å². The average molecular weight is 248 g/mol. The highest BCUT2D eigenvalue weighted by Gasteiger charge is 2.25. The number of carbonyl (C=O) groups is 2. The molecule has 0 aromatic heterocycles. The first-order valence-electron chi connectivity index (χ1n) is 6.05. The molecule has 1 aromatic carbocycles. The monoisotopic (exact) mass is 248 g/mol. The number of carbonyl (C=O) groups excluding carboxylic acids is 1. The largest absolute Gasteiger partial charge is 0.478 e. The van der Waals surface area contributed by atoms with E-state index in [1.54, 1.807) is 23.1 Å². The highest BCUT2D eigenvalue weighted by Crippen LogP contribution is 2.29. The summed E-state index contributed by atoms with van der Waals surface area (Å²) in [7, 11) is 0. The third-order valence-electron chi connectivity index (χ3n) is 3.05. The smallest absolute Gasteiger partial charge is 0.336 e. The zero-order valence-corrected chi connectivity index (χ0v) is 10.3. The molecule has 0 unspecified atom stereocenters. The minimum absolute atomic E-state index is 0.166. The van der Waals surface area contributed by atoms with Crippen molar-refractivity contribution < 1.29 is 14.7 Å². The zero-order valence-electron chi connectivity index (χ0n) is 10.3. The fraction of sp³-hybridized carbons (Fsp3) is 0.385. The molecule has 2 N–H and O–H groups in total. The number of urea groups is 1. The van der Waals surface area contributed by atoms with Gasteiger partial charge in [0.25, 0.3) is 0 Å². The van der Waals surface area contributed by atoms with Crippen LogP contribution < -0.4 is 10.2 Å². The van der Waals surface area contributed by atoms with Crippen molar-refractivity contribution in [2.75, 3.05) is 18.0 Å². The maximum absolute atomic E-state index is 11.9. The fourth-order valence-corrected chi connectivity index (χ4v) is 2.28. The van der Waals surface area contributed by atoms with E-state index in [0.29, 0.717) is 30.8 Å². The van der Waals surface area contributed by atoms with Crippen molar-refractivity contribution in [3.05, 3.63) is 29.3 Å². The summed E-state index contributed by atoms with van der Waals surface area (Å²) in [6.45, 7) is 3.04. The molecule has 18 heavy (non-hydrogen) atoms. The first-order chi connectivity index (χ1) is 8.65. The van der Waals surface area contributed by atoms with Crippen LogP contribution >= 0.6 is 0 Å². The van der Waals surface area contributed by atoms with E-state index in [0.717, 1.165) is 12.0 Å². The van der Waals surface area contributed by atoms with Crippen LogP contribution in [0.1, 0.15) is 29.3 Å². The normalized spacial score (nSPS) is 13.9. The number of amides is 2. The van der Waals surface area contributed by atoms with Crippen molar-refractivity contribution in [1.29, 1.82) is 0 Å². The lowest BCUT2D eigenvalue weighted by atomic mass is 9.96. The van der Waals surface area contributed by atoms with Gasteiger partial charge in [0, 0.05) is 18.8 Å².